The van der Waals surface area contributed by atoms with Gasteiger partial charge in [0.2, 0.25) is 5.91 Å². The van der Waals surface area contributed by atoms with E-state index in [2.05, 4.69) is 5.32 Å². The van der Waals surface area contributed by atoms with Crippen molar-refractivity contribution in [3.05, 3.63) is 29.8 Å². The minimum Gasteiger partial charge on any atom is -0.481 e. The van der Waals surface area contributed by atoms with Crippen molar-refractivity contribution in [3.8, 4) is 0 Å². The van der Waals surface area contributed by atoms with Gasteiger partial charge < -0.3 is 15.2 Å². The average Bonchev–Trinajstić information content (AvgIpc) is 2.93. The van der Waals surface area contributed by atoms with Gasteiger partial charge in [0, 0.05) is 6.42 Å². The molecule has 1 amide bonds. The van der Waals surface area contributed by atoms with Gasteiger partial charge in [0.25, 0.3) is 0 Å². The third-order valence-electron chi connectivity index (χ3n) is 4.33. The molecule has 1 aliphatic carbocycles. The van der Waals surface area contributed by atoms with E-state index in [1.807, 2.05) is 0 Å². The minimum absolute atomic E-state index is 0.000924. The highest BCUT2D eigenvalue weighted by Gasteiger charge is 2.38. The van der Waals surface area contributed by atoms with Gasteiger partial charge in [0.1, 0.15) is 0 Å². The maximum Gasteiger partial charge on any atom is 0.339 e. The number of carbonyl (C=O) groups excluding carboxylic acids is 2. The Labute approximate surface area is 134 Å². The van der Waals surface area contributed by atoms with E-state index < -0.39 is 17.4 Å². The van der Waals surface area contributed by atoms with Crippen molar-refractivity contribution in [1.82, 2.24) is 0 Å². The Bertz CT molecular complexity index is 605. The molecule has 6 nitrogen and oxygen atoms in total. The molecule has 0 saturated heterocycles. The van der Waals surface area contributed by atoms with Gasteiger partial charge in [-0.25, -0.2) is 4.79 Å². The zero-order valence-corrected chi connectivity index (χ0v) is 13.1. The highest BCUT2D eigenvalue weighted by atomic mass is 16.5. The number of rotatable bonds is 6. The first-order valence-corrected chi connectivity index (χ1v) is 7.65. The molecule has 2 N–H and O–H groups in total. The van der Waals surface area contributed by atoms with E-state index in [1.54, 1.807) is 24.3 Å². The SMILES string of the molecule is COC(=O)c1ccccc1NC(=O)CC1(CC(=O)O)CCCC1. The van der Waals surface area contributed by atoms with Crippen molar-refractivity contribution in [1.29, 1.82) is 0 Å². The fourth-order valence-electron chi connectivity index (χ4n) is 3.28. The highest BCUT2D eigenvalue weighted by molar-refractivity contribution is 6.01. The smallest absolute Gasteiger partial charge is 0.339 e. The Morgan fingerprint density at radius 2 is 1.83 bits per heavy atom. The number of anilines is 1. The summed E-state index contributed by atoms with van der Waals surface area (Å²) in [6, 6.07) is 6.60. The van der Waals surface area contributed by atoms with E-state index in [1.165, 1.54) is 7.11 Å². The van der Waals surface area contributed by atoms with E-state index >= 15 is 0 Å². The van der Waals surface area contributed by atoms with Crippen LogP contribution in [0.4, 0.5) is 5.69 Å². The van der Waals surface area contributed by atoms with E-state index in [9.17, 15) is 14.4 Å². The minimum atomic E-state index is -0.880. The average molecular weight is 319 g/mol. The first-order chi connectivity index (χ1) is 11.0. The molecule has 124 valence electrons. The zero-order valence-electron chi connectivity index (χ0n) is 13.1. The first kappa shape index (κ1) is 17.0. The molecule has 0 spiro atoms. The summed E-state index contributed by atoms with van der Waals surface area (Å²) in [5.74, 6) is -1.68. The number of esters is 1. The van der Waals surface area contributed by atoms with Gasteiger partial charge in [0.15, 0.2) is 0 Å². The lowest BCUT2D eigenvalue weighted by molar-refractivity contribution is -0.140. The summed E-state index contributed by atoms with van der Waals surface area (Å²) in [5, 5.41) is 11.8. The molecular formula is C17H21NO5. The van der Waals surface area contributed by atoms with Crippen molar-refractivity contribution < 1.29 is 24.2 Å². The van der Waals surface area contributed by atoms with Crippen LogP contribution in [0.2, 0.25) is 0 Å². The second-order valence-corrected chi connectivity index (χ2v) is 6.04. The summed E-state index contributed by atoms with van der Waals surface area (Å²) in [6.45, 7) is 0. The first-order valence-electron chi connectivity index (χ1n) is 7.65. The molecule has 23 heavy (non-hydrogen) atoms. The molecule has 1 aliphatic rings. The fourth-order valence-corrected chi connectivity index (χ4v) is 3.28. The molecule has 2 rings (SSSR count). The molecule has 0 aromatic heterocycles. The summed E-state index contributed by atoms with van der Waals surface area (Å²) in [4.78, 5) is 35.2. The molecule has 1 aromatic rings. The number of hydrogen-bond acceptors (Lipinski definition) is 4. The summed E-state index contributed by atoms with van der Waals surface area (Å²) in [7, 11) is 1.28. The topological polar surface area (TPSA) is 92.7 Å². The molecule has 1 aromatic carbocycles. The maximum absolute atomic E-state index is 12.4. The molecule has 0 unspecified atom stereocenters. The number of para-hydroxylation sites is 1. The Morgan fingerprint density at radius 3 is 2.43 bits per heavy atom. The second kappa shape index (κ2) is 7.26. The van der Waals surface area contributed by atoms with Crippen LogP contribution in [-0.4, -0.2) is 30.1 Å². The van der Waals surface area contributed by atoms with Gasteiger partial charge in [-0.2, -0.15) is 0 Å². The van der Waals surface area contributed by atoms with E-state index in [4.69, 9.17) is 9.84 Å². The summed E-state index contributed by atoms with van der Waals surface area (Å²) >= 11 is 0. The number of methoxy groups -OCH3 is 1. The lowest BCUT2D eigenvalue weighted by Gasteiger charge is -2.26. The highest BCUT2D eigenvalue weighted by Crippen LogP contribution is 2.44. The van der Waals surface area contributed by atoms with Gasteiger partial charge in [-0.05, 0) is 30.4 Å². The molecule has 0 atom stereocenters. The zero-order chi connectivity index (χ0) is 16.9. The standard InChI is InChI=1S/C17H21NO5/c1-23-16(22)12-6-2-3-7-13(12)18-14(19)10-17(11-15(20)21)8-4-5-9-17/h2-3,6-7H,4-5,8-11H2,1H3,(H,18,19)(H,20,21). The number of carboxylic acid groups (broad SMARTS) is 1. The number of aliphatic carboxylic acids is 1. The molecule has 6 heteroatoms. The number of ether oxygens (including phenoxy) is 1. The van der Waals surface area contributed by atoms with Gasteiger partial charge in [0.05, 0.1) is 24.8 Å². The predicted octanol–water partition coefficient (Wildman–Crippen LogP) is 2.84. The van der Waals surface area contributed by atoms with Crippen molar-refractivity contribution in [2.75, 3.05) is 12.4 Å². The monoisotopic (exact) mass is 319 g/mol. The van der Waals surface area contributed by atoms with Crippen LogP contribution in [0.1, 0.15) is 48.9 Å². The van der Waals surface area contributed by atoms with Crippen molar-refractivity contribution >= 4 is 23.5 Å². The summed E-state index contributed by atoms with van der Waals surface area (Å²) in [6.07, 6.45) is 3.52. The Balaban J connectivity index is 2.10. The van der Waals surface area contributed by atoms with Crippen LogP contribution in [0.3, 0.4) is 0 Å². The van der Waals surface area contributed by atoms with Gasteiger partial charge >= 0.3 is 11.9 Å². The maximum atomic E-state index is 12.4. The van der Waals surface area contributed by atoms with E-state index in [-0.39, 0.29) is 24.3 Å². The molecular weight excluding hydrogens is 298 g/mol. The quantitative estimate of drug-likeness (QED) is 0.787. The van der Waals surface area contributed by atoms with Crippen LogP contribution in [0.25, 0.3) is 0 Å². The van der Waals surface area contributed by atoms with E-state index in [0.29, 0.717) is 5.69 Å². The van der Waals surface area contributed by atoms with Crippen LogP contribution in [0.5, 0.6) is 0 Å². The number of nitrogens with one attached hydrogen (secondary N) is 1. The molecule has 0 bridgehead atoms. The molecule has 0 heterocycles. The Kier molecular flexibility index (Phi) is 5.36. The van der Waals surface area contributed by atoms with Gasteiger partial charge in [-0.3, -0.25) is 9.59 Å². The summed E-state index contributed by atoms with van der Waals surface area (Å²) in [5.41, 5.74) is 0.186. The molecule has 0 aliphatic heterocycles. The molecule has 1 saturated carbocycles. The van der Waals surface area contributed by atoms with Crippen LogP contribution in [-0.2, 0) is 14.3 Å². The number of carbonyl (C=O) groups is 3. The van der Waals surface area contributed by atoms with E-state index in [0.717, 1.165) is 25.7 Å². The third kappa shape index (κ3) is 4.31. The van der Waals surface area contributed by atoms with Gasteiger partial charge in [-0.15, -0.1) is 0 Å². The van der Waals surface area contributed by atoms with Crippen LogP contribution < -0.4 is 5.32 Å². The van der Waals surface area contributed by atoms with Gasteiger partial charge in [-0.1, -0.05) is 25.0 Å². The predicted molar refractivity (Wildman–Crippen MR) is 84.2 cm³/mol. The lowest BCUT2D eigenvalue weighted by Crippen LogP contribution is -2.28. The van der Waals surface area contributed by atoms with Crippen LogP contribution in [0.15, 0.2) is 24.3 Å². The normalized spacial score (nSPS) is 15.9. The molecule has 0 radical (unpaired) electrons. The molecule has 1 fully saturated rings. The summed E-state index contributed by atoms with van der Waals surface area (Å²) < 4.78 is 4.70. The largest absolute Gasteiger partial charge is 0.481 e. The Morgan fingerprint density at radius 1 is 1.17 bits per heavy atom. The van der Waals surface area contributed by atoms with Crippen LogP contribution >= 0.6 is 0 Å². The Hall–Kier alpha value is -2.37. The van der Waals surface area contributed by atoms with Crippen molar-refractivity contribution in [2.45, 2.75) is 38.5 Å². The second-order valence-electron chi connectivity index (χ2n) is 6.04. The third-order valence-corrected chi connectivity index (χ3v) is 4.33. The van der Waals surface area contributed by atoms with Crippen molar-refractivity contribution in [3.63, 3.8) is 0 Å². The fraction of sp³-hybridized carbons (Fsp3) is 0.471. The number of benzene rings is 1. The van der Waals surface area contributed by atoms with Crippen LogP contribution in [0, 0.1) is 5.41 Å². The number of amides is 1. The number of hydrogen-bond donors (Lipinski definition) is 2. The van der Waals surface area contributed by atoms with Crippen molar-refractivity contribution in [2.24, 2.45) is 5.41 Å². The lowest BCUT2D eigenvalue weighted by atomic mass is 9.79. The number of carboxylic acids is 1.